The molecule has 0 saturated heterocycles. The zero-order valence-electron chi connectivity index (χ0n) is 13.7. The first kappa shape index (κ1) is 19.6. The fourth-order valence-electron chi connectivity index (χ4n) is 1.95. The molecule has 0 aliphatic heterocycles. The molecule has 0 spiro atoms. The Labute approximate surface area is 143 Å². The van der Waals surface area contributed by atoms with Crippen molar-refractivity contribution in [2.45, 2.75) is 46.1 Å². The highest BCUT2D eigenvalue weighted by atomic mass is 32.1. The van der Waals surface area contributed by atoms with E-state index in [2.05, 4.69) is 5.32 Å². The third-order valence-corrected chi connectivity index (χ3v) is 4.16. The van der Waals surface area contributed by atoms with Crippen molar-refractivity contribution in [1.29, 1.82) is 0 Å². The molecule has 24 heavy (non-hydrogen) atoms. The van der Waals surface area contributed by atoms with Gasteiger partial charge < -0.3 is 20.9 Å². The summed E-state index contributed by atoms with van der Waals surface area (Å²) in [5.41, 5.74) is 5.74. The number of anilines is 1. The number of nitrogens with one attached hydrogen (secondary N) is 1. The fraction of sp³-hybridized carbons (Fsp3) is 0.467. The molecule has 0 saturated carbocycles. The lowest BCUT2D eigenvalue weighted by atomic mass is 10.1. The van der Waals surface area contributed by atoms with Gasteiger partial charge in [0.05, 0.1) is 11.7 Å². The summed E-state index contributed by atoms with van der Waals surface area (Å²) >= 11 is 0.909. The molecule has 4 N–H and O–H groups in total. The highest BCUT2D eigenvalue weighted by molar-refractivity contribution is 7.18. The van der Waals surface area contributed by atoms with Gasteiger partial charge in [0.1, 0.15) is 9.88 Å². The van der Waals surface area contributed by atoms with E-state index < -0.39 is 23.8 Å². The smallest absolute Gasteiger partial charge is 0.348 e. The third kappa shape index (κ3) is 5.34. The first-order valence-corrected chi connectivity index (χ1v) is 8.11. The summed E-state index contributed by atoms with van der Waals surface area (Å²) in [4.78, 5) is 46.2. The number of carbonyl (C=O) groups is 4. The van der Waals surface area contributed by atoms with E-state index in [0.717, 1.165) is 11.3 Å². The van der Waals surface area contributed by atoms with Crippen molar-refractivity contribution < 1.29 is 29.0 Å². The minimum Gasteiger partial charge on any atom is -0.481 e. The van der Waals surface area contributed by atoms with Gasteiger partial charge in [0.15, 0.2) is 0 Å². The van der Waals surface area contributed by atoms with Gasteiger partial charge in [0.2, 0.25) is 5.91 Å². The van der Waals surface area contributed by atoms with Crippen molar-refractivity contribution >= 4 is 40.1 Å². The molecule has 0 fully saturated rings. The van der Waals surface area contributed by atoms with Crippen LogP contribution in [-0.4, -0.2) is 35.0 Å². The molecule has 9 heteroatoms. The van der Waals surface area contributed by atoms with E-state index in [1.54, 1.807) is 20.8 Å². The zero-order chi connectivity index (χ0) is 18.4. The number of thiophene rings is 1. The third-order valence-electron chi connectivity index (χ3n) is 2.97. The van der Waals surface area contributed by atoms with Gasteiger partial charge in [-0.15, -0.1) is 11.3 Å². The van der Waals surface area contributed by atoms with Crippen LogP contribution in [0.25, 0.3) is 0 Å². The van der Waals surface area contributed by atoms with Crippen LogP contribution in [0.4, 0.5) is 5.00 Å². The number of carboxylic acids is 1. The minimum atomic E-state index is -0.994. The van der Waals surface area contributed by atoms with Crippen molar-refractivity contribution in [2.75, 3.05) is 5.32 Å². The number of carbonyl (C=O) groups excluding carboxylic acids is 3. The quantitative estimate of drug-likeness (QED) is 0.609. The van der Waals surface area contributed by atoms with E-state index in [0.29, 0.717) is 5.56 Å². The van der Waals surface area contributed by atoms with Gasteiger partial charge in [-0.3, -0.25) is 14.4 Å². The fourth-order valence-corrected chi connectivity index (χ4v) is 3.06. The van der Waals surface area contributed by atoms with Gasteiger partial charge in [-0.2, -0.15) is 0 Å². The maximum absolute atomic E-state index is 12.1. The second-order valence-corrected chi connectivity index (χ2v) is 6.39. The SMILES string of the molecule is Cc1c(C(=O)OC(C)C)sc(NC(=O)CCCC(=O)O)c1C(N)=O. The highest BCUT2D eigenvalue weighted by Gasteiger charge is 2.25. The van der Waals surface area contributed by atoms with Crippen LogP contribution in [0.3, 0.4) is 0 Å². The average Bonchev–Trinajstić information content (AvgIpc) is 2.74. The average molecular weight is 356 g/mol. The van der Waals surface area contributed by atoms with Crippen LogP contribution in [0.5, 0.6) is 0 Å². The number of hydrogen-bond donors (Lipinski definition) is 3. The molecule has 0 unspecified atom stereocenters. The number of ether oxygens (including phenoxy) is 1. The summed E-state index contributed by atoms with van der Waals surface area (Å²) in [5.74, 6) is -2.82. The van der Waals surface area contributed by atoms with Crippen molar-refractivity contribution in [3.63, 3.8) is 0 Å². The van der Waals surface area contributed by atoms with Crippen molar-refractivity contribution in [3.8, 4) is 0 Å². The Balaban J connectivity index is 2.97. The van der Waals surface area contributed by atoms with Gasteiger partial charge >= 0.3 is 11.9 Å². The molecule has 1 rings (SSSR count). The molecule has 0 aromatic carbocycles. The molecular weight excluding hydrogens is 336 g/mol. The molecule has 0 radical (unpaired) electrons. The van der Waals surface area contributed by atoms with Crippen LogP contribution in [0, 0.1) is 6.92 Å². The summed E-state index contributed by atoms with van der Waals surface area (Å²) in [6.45, 7) is 4.94. The van der Waals surface area contributed by atoms with Crippen LogP contribution in [0.2, 0.25) is 0 Å². The molecule has 8 nitrogen and oxygen atoms in total. The molecule has 2 amide bonds. The molecule has 0 atom stereocenters. The van der Waals surface area contributed by atoms with E-state index in [4.69, 9.17) is 15.6 Å². The Bertz CT molecular complexity index is 665. The van der Waals surface area contributed by atoms with Crippen LogP contribution < -0.4 is 11.1 Å². The van der Waals surface area contributed by atoms with Crippen LogP contribution >= 0.6 is 11.3 Å². The van der Waals surface area contributed by atoms with E-state index in [9.17, 15) is 19.2 Å². The number of nitrogens with two attached hydrogens (primary N) is 1. The van der Waals surface area contributed by atoms with Crippen molar-refractivity contribution in [1.82, 2.24) is 0 Å². The second-order valence-electron chi connectivity index (χ2n) is 5.37. The maximum atomic E-state index is 12.1. The Kier molecular flexibility index (Phi) is 6.90. The molecule has 0 aliphatic rings. The summed E-state index contributed by atoms with van der Waals surface area (Å²) in [6, 6.07) is 0. The topological polar surface area (TPSA) is 136 Å². The predicted molar refractivity (Wildman–Crippen MR) is 88.2 cm³/mol. The lowest BCUT2D eigenvalue weighted by Gasteiger charge is -2.06. The lowest BCUT2D eigenvalue weighted by Crippen LogP contribution is -2.17. The lowest BCUT2D eigenvalue weighted by molar-refractivity contribution is -0.137. The van der Waals surface area contributed by atoms with Gasteiger partial charge in [0.25, 0.3) is 5.91 Å². The largest absolute Gasteiger partial charge is 0.481 e. The number of aliphatic carboxylic acids is 1. The standard InChI is InChI=1S/C15H20N2O6S/c1-7(2)23-15(22)12-8(3)11(13(16)21)14(24-12)17-9(18)5-4-6-10(19)20/h7H,4-6H2,1-3H3,(H2,16,21)(H,17,18)(H,19,20). The van der Waals surface area contributed by atoms with Gasteiger partial charge in [-0.05, 0) is 32.8 Å². The van der Waals surface area contributed by atoms with E-state index in [1.165, 1.54) is 0 Å². The molecule has 1 aromatic heterocycles. The van der Waals surface area contributed by atoms with Crippen molar-refractivity contribution in [2.24, 2.45) is 5.73 Å². The molecule has 1 heterocycles. The van der Waals surface area contributed by atoms with Crippen molar-refractivity contribution in [3.05, 3.63) is 16.0 Å². The number of rotatable bonds is 8. The highest BCUT2D eigenvalue weighted by Crippen LogP contribution is 2.33. The number of amides is 2. The summed E-state index contributed by atoms with van der Waals surface area (Å²) in [6.07, 6.45) is -0.316. The molecule has 132 valence electrons. The van der Waals surface area contributed by atoms with E-state index in [1.807, 2.05) is 0 Å². The first-order valence-electron chi connectivity index (χ1n) is 7.29. The van der Waals surface area contributed by atoms with Crippen LogP contribution in [0.15, 0.2) is 0 Å². The van der Waals surface area contributed by atoms with Gasteiger partial charge in [0, 0.05) is 12.8 Å². The minimum absolute atomic E-state index is 0.0206. The normalized spacial score (nSPS) is 10.5. The first-order chi connectivity index (χ1) is 11.1. The Hall–Kier alpha value is -2.42. The van der Waals surface area contributed by atoms with Gasteiger partial charge in [-0.1, -0.05) is 0 Å². The number of hydrogen-bond acceptors (Lipinski definition) is 6. The molecule has 0 aliphatic carbocycles. The summed E-state index contributed by atoms with van der Waals surface area (Å²) < 4.78 is 5.10. The maximum Gasteiger partial charge on any atom is 0.348 e. The number of primary amides is 1. The number of esters is 1. The zero-order valence-corrected chi connectivity index (χ0v) is 14.5. The summed E-state index contributed by atoms with van der Waals surface area (Å²) in [7, 11) is 0. The Morgan fingerprint density at radius 3 is 2.38 bits per heavy atom. The number of carboxylic acid groups (broad SMARTS) is 1. The van der Waals surface area contributed by atoms with E-state index >= 15 is 0 Å². The van der Waals surface area contributed by atoms with Crippen LogP contribution in [-0.2, 0) is 14.3 Å². The molecule has 0 bridgehead atoms. The van der Waals surface area contributed by atoms with Gasteiger partial charge in [-0.25, -0.2) is 4.79 Å². The van der Waals surface area contributed by atoms with E-state index in [-0.39, 0.29) is 40.8 Å². The monoisotopic (exact) mass is 356 g/mol. The summed E-state index contributed by atoms with van der Waals surface area (Å²) in [5, 5.41) is 11.2. The Morgan fingerprint density at radius 2 is 1.88 bits per heavy atom. The molecular formula is C15H20N2O6S. The second kappa shape index (κ2) is 8.44. The van der Waals surface area contributed by atoms with Crippen LogP contribution in [0.1, 0.15) is 58.7 Å². The molecule has 1 aromatic rings. The predicted octanol–water partition coefficient (Wildman–Crippen LogP) is 1.91. The Morgan fingerprint density at radius 1 is 1.25 bits per heavy atom.